The van der Waals surface area contributed by atoms with Crippen molar-refractivity contribution in [2.45, 2.75) is 39.2 Å². The molecule has 2 heteroatoms. The van der Waals surface area contributed by atoms with E-state index in [2.05, 4.69) is 28.7 Å². The summed E-state index contributed by atoms with van der Waals surface area (Å²) in [6.45, 7) is 3.19. The second-order valence-electron chi connectivity index (χ2n) is 3.56. The molecule has 1 aliphatic carbocycles. The molecule has 1 heterocycles. The van der Waals surface area contributed by atoms with Crippen molar-refractivity contribution in [3.63, 3.8) is 0 Å². The zero-order chi connectivity index (χ0) is 9.10. The predicted molar refractivity (Wildman–Crippen MR) is 53.5 cm³/mol. The van der Waals surface area contributed by atoms with Gasteiger partial charge in [0.2, 0.25) is 0 Å². The maximum absolute atomic E-state index is 4.37. The summed E-state index contributed by atoms with van der Waals surface area (Å²) in [6, 6.07) is 0. The maximum atomic E-state index is 4.37. The molecule has 70 valence electrons. The van der Waals surface area contributed by atoms with Crippen LogP contribution in [0, 0.1) is 0 Å². The lowest BCUT2D eigenvalue weighted by Crippen LogP contribution is -2.01. The van der Waals surface area contributed by atoms with Crippen molar-refractivity contribution in [3.8, 4) is 0 Å². The van der Waals surface area contributed by atoms with Gasteiger partial charge in [0.15, 0.2) is 0 Å². The highest BCUT2D eigenvalue weighted by Crippen LogP contribution is 2.20. The molecule has 0 spiro atoms. The smallest absolute Gasteiger partial charge is 0.112 e. The van der Waals surface area contributed by atoms with Crippen molar-refractivity contribution in [2.75, 3.05) is 0 Å². The lowest BCUT2D eigenvalue weighted by Gasteiger charge is -2.04. The van der Waals surface area contributed by atoms with Crippen molar-refractivity contribution in [1.82, 2.24) is 9.55 Å². The van der Waals surface area contributed by atoms with Crippen molar-refractivity contribution in [1.29, 1.82) is 0 Å². The molecule has 0 bridgehead atoms. The minimum Gasteiger partial charge on any atom is -0.335 e. The van der Waals surface area contributed by atoms with Gasteiger partial charge in [0, 0.05) is 25.4 Å². The third-order valence-corrected chi connectivity index (χ3v) is 2.66. The Morgan fingerprint density at radius 2 is 2.46 bits per heavy atom. The molecule has 1 aromatic heterocycles. The highest BCUT2D eigenvalue weighted by atomic mass is 15.0. The van der Waals surface area contributed by atoms with Gasteiger partial charge < -0.3 is 4.57 Å². The van der Waals surface area contributed by atoms with Crippen LogP contribution in [0.2, 0.25) is 0 Å². The zero-order valence-corrected chi connectivity index (χ0v) is 8.16. The molecule has 0 aliphatic heterocycles. The lowest BCUT2D eigenvalue weighted by atomic mass is 10.1. The van der Waals surface area contributed by atoms with E-state index in [1.54, 1.807) is 5.57 Å². The van der Waals surface area contributed by atoms with E-state index >= 15 is 0 Å². The molecule has 1 aliphatic rings. The molecule has 0 saturated heterocycles. The third kappa shape index (κ3) is 1.82. The summed E-state index contributed by atoms with van der Waals surface area (Å²) in [6.07, 6.45) is 11.3. The summed E-state index contributed by atoms with van der Waals surface area (Å²) in [5.41, 5.74) is 1.57. The molecule has 1 aromatic rings. The van der Waals surface area contributed by atoms with Gasteiger partial charge in [-0.1, -0.05) is 11.6 Å². The molecule has 0 unspecified atom stereocenters. The van der Waals surface area contributed by atoms with E-state index in [4.69, 9.17) is 0 Å². The maximum Gasteiger partial charge on any atom is 0.112 e. The Morgan fingerprint density at radius 1 is 1.54 bits per heavy atom. The van der Waals surface area contributed by atoms with Crippen molar-refractivity contribution < 1.29 is 0 Å². The Hall–Kier alpha value is -1.05. The quantitative estimate of drug-likeness (QED) is 0.647. The third-order valence-electron chi connectivity index (χ3n) is 2.66. The molecule has 0 N–H and O–H groups in total. The molecular formula is C11H16N2. The summed E-state index contributed by atoms with van der Waals surface area (Å²) in [7, 11) is 0. The monoisotopic (exact) mass is 176 g/mol. The van der Waals surface area contributed by atoms with Gasteiger partial charge >= 0.3 is 0 Å². The molecular weight excluding hydrogens is 160 g/mol. The number of hydrogen-bond acceptors (Lipinski definition) is 1. The molecule has 0 saturated carbocycles. The standard InChI is InChI=1S/C11H16N2/c1-2-13-8-7-12-11(13)9-10-5-3-4-6-10/h5,7-8H,2-4,6,9H2,1H3. The first kappa shape index (κ1) is 8.54. The van der Waals surface area contributed by atoms with Crippen LogP contribution in [0.1, 0.15) is 32.0 Å². The molecule has 0 atom stereocenters. The predicted octanol–water partition coefficient (Wildman–Crippen LogP) is 2.56. The number of allylic oxidation sites excluding steroid dienone is 2. The summed E-state index contributed by atoms with van der Waals surface area (Å²) in [5.74, 6) is 1.22. The van der Waals surface area contributed by atoms with E-state index in [9.17, 15) is 0 Å². The minimum atomic E-state index is 1.03. The van der Waals surface area contributed by atoms with Crippen molar-refractivity contribution >= 4 is 0 Å². The first-order valence-corrected chi connectivity index (χ1v) is 5.08. The van der Waals surface area contributed by atoms with Crippen LogP contribution in [-0.4, -0.2) is 9.55 Å². The van der Waals surface area contributed by atoms with Gasteiger partial charge in [0.25, 0.3) is 0 Å². The molecule has 0 amide bonds. The molecule has 0 radical (unpaired) electrons. The largest absolute Gasteiger partial charge is 0.335 e. The van der Waals surface area contributed by atoms with Crippen LogP contribution in [0.4, 0.5) is 0 Å². The average molecular weight is 176 g/mol. The van der Waals surface area contributed by atoms with Crippen LogP contribution in [0.5, 0.6) is 0 Å². The van der Waals surface area contributed by atoms with Crippen LogP contribution in [0.25, 0.3) is 0 Å². The summed E-state index contributed by atoms with van der Waals surface area (Å²) in [5, 5.41) is 0. The lowest BCUT2D eigenvalue weighted by molar-refractivity contribution is 0.704. The average Bonchev–Trinajstić information content (AvgIpc) is 2.76. The molecule has 2 nitrogen and oxygen atoms in total. The number of imidazole rings is 1. The highest BCUT2D eigenvalue weighted by molar-refractivity contribution is 5.14. The van der Waals surface area contributed by atoms with Crippen LogP contribution in [0.3, 0.4) is 0 Å². The van der Waals surface area contributed by atoms with E-state index in [1.807, 2.05) is 6.20 Å². The topological polar surface area (TPSA) is 17.8 Å². The first-order valence-electron chi connectivity index (χ1n) is 5.08. The van der Waals surface area contributed by atoms with E-state index in [-0.39, 0.29) is 0 Å². The number of hydrogen-bond donors (Lipinski definition) is 0. The molecule has 0 fully saturated rings. The second-order valence-corrected chi connectivity index (χ2v) is 3.56. The van der Waals surface area contributed by atoms with E-state index in [0.717, 1.165) is 13.0 Å². The second kappa shape index (κ2) is 3.77. The van der Waals surface area contributed by atoms with Crippen LogP contribution < -0.4 is 0 Å². The van der Waals surface area contributed by atoms with Crippen LogP contribution in [-0.2, 0) is 13.0 Å². The molecule has 13 heavy (non-hydrogen) atoms. The highest BCUT2D eigenvalue weighted by Gasteiger charge is 2.08. The minimum absolute atomic E-state index is 1.03. The molecule has 0 aromatic carbocycles. The van der Waals surface area contributed by atoms with Crippen LogP contribution >= 0.6 is 0 Å². The number of aryl methyl sites for hydroxylation is 1. The zero-order valence-electron chi connectivity index (χ0n) is 8.16. The van der Waals surface area contributed by atoms with Crippen molar-refractivity contribution in [2.24, 2.45) is 0 Å². The van der Waals surface area contributed by atoms with Crippen LogP contribution in [0.15, 0.2) is 24.0 Å². The fraction of sp³-hybridized carbons (Fsp3) is 0.545. The normalized spacial score (nSPS) is 16.2. The summed E-state index contributed by atoms with van der Waals surface area (Å²) in [4.78, 5) is 4.37. The SMILES string of the molecule is CCn1ccnc1CC1=CCCC1. The fourth-order valence-electron chi connectivity index (χ4n) is 1.90. The fourth-order valence-corrected chi connectivity index (χ4v) is 1.90. The van der Waals surface area contributed by atoms with Gasteiger partial charge in [-0.05, 0) is 26.2 Å². The van der Waals surface area contributed by atoms with Crippen molar-refractivity contribution in [3.05, 3.63) is 29.9 Å². The van der Waals surface area contributed by atoms with Gasteiger partial charge in [-0.15, -0.1) is 0 Å². The van der Waals surface area contributed by atoms with E-state index in [0.29, 0.717) is 0 Å². The van der Waals surface area contributed by atoms with Gasteiger partial charge in [-0.3, -0.25) is 0 Å². The number of aromatic nitrogens is 2. The number of nitrogens with zero attached hydrogens (tertiary/aromatic N) is 2. The van der Waals surface area contributed by atoms with Gasteiger partial charge in [-0.2, -0.15) is 0 Å². The van der Waals surface area contributed by atoms with Gasteiger partial charge in [0.05, 0.1) is 0 Å². The van der Waals surface area contributed by atoms with E-state index < -0.39 is 0 Å². The molecule has 2 rings (SSSR count). The number of rotatable bonds is 3. The first-order chi connectivity index (χ1) is 6.40. The Labute approximate surface area is 79.3 Å². The summed E-state index contributed by atoms with van der Waals surface area (Å²) >= 11 is 0. The Kier molecular flexibility index (Phi) is 2.48. The van der Waals surface area contributed by atoms with Gasteiger partial charge in [-0.25, -0.2) is 4.98 Å². The van der Waals surface area contributed by atoms with Gasteiger partial charge in [0.1, 0.15) is 5.82 Å². The Bertz CT molecular complexity index is 310. The summed E-state index contributed by atoms with van der Waals surface area (Å²) < 4.78 is 2.22. The van der Waals surface area contributed by atoms with E-state index in [1.165, 1.54) is 25.1 Å². The Morgan fingerprint density at radius 3 is 3.15 bits per heavy atom. The Balaban J connectivity index is 2.08.